The molecule has 6 rings (SSSR count). The Hall–Kier alpha value is -4.50. The minimum atomic E-state index is -0.0758. The van der Waals surface area contributed by atoms with Crippen LogP contribution in [0.25, 0.3) is 21.8 Å². The average Bonchev–Trinajstić information content (AvgIpc) is 3.36. The van der Waals surface area contributed by atoms with Crippen molar-refractivity contribution in [3.05, 3.63) is 127 Å². The zero-order valence-corrected chi connectivity index (χ0v) is 25.6. The second-order valence-corrected chi connectivity index (χ2v) is 12.9. The Morgan fingerprint density at radius 2 is 1.00 bits per heavy atom. The molecule has 3 nitrogen and oxygen atoms in total. The van der Waals surface area contributed by atoms with Crippen molar-refractivity contribution in [3.63, 3.8) is 0 Å². The molecule has 0 amide bonds. The van der Waals surface area contributed by atoms with E-state index in [9.17, 15) is 0 Å². The van der Waals surface area contributed by atoms with Crippen molar-refractivity contribution in [1.82, 2.24) is 4.98 Å². The summed E-state index contributed by atoms with van der Waals surface area (Å²) in [6.07, 6.45) is 1.10. The highest BCUT2D eigenvalue weighted by molar-refractivity contribution is 6.09. The summed E-state index contributed by atoms with van der Waals surface area (Å²) in [5.74, 6) is 0. The maximum absolute atomic E-state index is 3.65. The monoisotopic (exact) mass is 551 g/mol. The Labute approximate surface area is 250 Å². The van der Waals surface area contributed by atoms with Gasteiger partial charge in [-0.05, 0) is 117 Å². The number of nitrogens with zero attached hydrogens (tertiary/aromatic N) is 2. The van der Waals surface area contributed by atoms with Crippen LogP contribution in [0.3, 0.4) is 0 Å². The van der Waals surface area contributed by atoms with Gasteiger partial charge in [-0.1, -0.05) is 63.2 Å². The molecule has 0 saturated heterocycles. The van der Waals surface area contributed by atoms with E-state index in [1.807, 2.05) is 0 Å². The van der Waals surface area contributed by atoms with Crippen molar-refractivity contribution in [2.75, 3.05) is 9.80 Å². The summed E-state index contributed by atoms with van der Waals surface area (Å²) in [4.78, 5) is 8.40. The highest BCUT2D eigenvalue weighted by Gasteiger charge is 2.24. The largest absolute Gasteiger partial charge is 0.355 e. The molecule has 3 heteroatoms. The van der Waals surface area contributed by atoms with Crippen molar-refractivity contribution in [3.8, 4) is 0 Å². The predicted molar refractivity (Wildman–Crippen MR) is 182 cm³/mol. The average molecular weight is 552 g/mol. The quantitative estimate of drug-likeness (QED) is 0.213. The molecule has 0 atom stereocenters. The molecule has 1 heterocycles. The highest BCUT2D eigenvalue weighted by atomic mass is 15.2. The number of hydrogen-bond acceptors (Lipinski definition) is 2. The summed E-state index contributed by atoms with van der Waals surface area (Å²) in [7, 11) is 0. The van der Waals surface area contributed by atoms with Crippen LogP contribution in [0.1, 0.15) is 53.5 Å². The van der Waals surface area contributed by atoms with Crippen LogP contribution in [-0.4, -0.2) is 10.5 Å². The smallest absolute Gasteiger partial charge is 0.0469 e. The molecule has 0 fully saturated rings. The first-order chi connectivity index (χ1) is 20.2. The van der Waals surface area contributed by atoms with Gasteiger partial charge in [-0.25, -0.2) is 0 Å². The molecule has 0 aliphatic carbocycles. The van der Waals surface area contributed by atoms with E-state index in [0.717, 1.165) is 29.0 Å². The summed E-state index contributed by atoms with van der Waals surface area (Å²) in [5, 5.41) is 2.52. The normalized spacial score (nSPS) is 12.1. The number of benzene rings is 5. The maximum Gasteiger partial charge on any atom is 0.0469 e. The molecular weight excluding hydrogens is 510 g/mol. The molecule has 0 unspecified atom stereocenters. The van der Waals surface area contributed by atoms with E-state index >= 15 is 0 Å². The highest BCUT2D eigenvalue weighted by Crippen LogP contribution is 2.40. The number of aromatic nitrogens is 1. The lowest BCUT2D eigenvalue weighted by Crippen LogP contribution is -2.37. The van der Waals surface area contributed by atoms with Gasteiger partial charge in [0.2, 0.25) is 0 Å². The van der Waals surface area contributed by atoms with Crippen LogP contribution in [0.5, 0.6) is 0 Å². The van der Waals surface area contributed by atoms with E-state index in [-0.39, 0.29) is 11.0 Å². The minimum absolute atomic E-state index is 0.0758. The minimum Gasteiger partial charge on any atom is -0.355 e. The zero-order chi connectivity index (χ0) is 29.5. The summed E-state index contributed by atoms with van der Waals surface area (Å²) in [6, 6.07) is 43.9. The Morgan fingerprint density at radius 3 is 1.60 bits per heavy atom. The maximum atomic E-state index is 3.65. The predicted octanol–water partition coefficient (Wildman–Crippen LogP) is 11.4. The number of para-hydroxylation sites is 2. The number of H-pyrrole nitrogens is 1. The Morgan fingerprint density at radius 1 is 0.524 bits per heavy atom. The number of aromatic amines is 1. The fourth-order valence-corrected chi connectivity index (χ4v) is 5.93. The number of anilines is 5. The third-order valence-corrected chi connectivity index (χ3v) is 8.57. The van der Waals surface area contributed by atoms with Gasteiger partial charge in [-0.15, -0.1) is 0 Å². The van der Waals surface area contributed by atoms with E-state index in [0.29, 0.717) is 0 Å². The molecule has 0 saturated carbocycles. The Kier molecular flexibility index (Phi) is 7.06. The molecule has 0 radical (unpaired) electrons. The van der Waals surface area contributed by atoms with E-state index in [4.69, 9.17) is 0 Å². The topological polar surface area (TPSA) is 22.3 Å². The number of hydrogen-bond donors (Lipinski definition) is 1. The lowest BCUT2D eigenvalue weighted by Gasteiger charge is -2.38. The first kappa shape index (κ1) is 27.7. The standard InChI is InChI=1S/C39H41N3/c1-7-39(5,6)28-18-24-36-34(26-28)35-27-33(23-25-37(35)40-36)41(29-14-10-8-11-15-29)30-19-21-32(22-20-30)42(38(2,3)4)31-16-12-9-13-17-31/h8-27,40H,7H2,1-6H3. The molecule has 1 aromatic heterocycles. The summed E-state index contributed by atoms with van der Waals surface area (Å²) < 4.78 is 0. The lowest BCUT2D eigenvalue weighted by atomic mass is 9.82. The molecule has 0 spiro atoms. The summed E-state index contributed by atoms with van der Waals surface area (Å²) >= 11 is 0. The van der Waals surface area contributed by atoms with Gasteiger partial charge in [0.15, 0.2) is 0 Å². The van der Waals surface area contributed by atoms with Crippen LogP contribution in [0.15, 0.2) is 121 Å². The first-order valence-electron chi connectivity index (χ1n) is 15.0. The van der Waals surface area contributed by atoms with E-state index in [1.54, 1.807) is 0 Å². The van der Waals surface area contributed by atoms with Gasteiger partial charge >= 0.3 is 0 Å². The van der Waals surface area contributed by atoms with Gasteiger partial charge in [0.05, 0.1) is 0 Å². The van der Waals surface area contributed by atoms with Crippen molar-refractivity contribution in [2.24, 2.45) is 0 Å². The van der Waals surface area contributed by atoms with Crippen molar-refractivity contribution in [2.45, 2.75) is 58.9 Å². The van der Waals surface area contributed by atoms with Gasteiger partial charge < -0.3 is 14.8 Å². The SMILES string of the molecule is CCC(C)(C)c1ccc2[nH]c3ccc(N(c4ccccc4)c4ccc(N(c5ccccc5)C(C)(C)C)cc4)cc3c2c1. The van der Waals surface area contributed by atoms with Gasteiger partial charge in [-0.3, -0.25) is 0 Å². The molecular formula is C39H41N3. The van der Waals surface area contributed by atoms with Crippen LogP contribution in [0.4, 0.5) is 28.4 Å². The Balaban J connectivity index is 1.46. The lowest BCUT2D eigenvalue weighted by molar-refractivity contribution is 0.507. The second kappa shape index (κ2) is 10.7. The summed E-state index contributed by atoms with van der Waals surface area (Å²) in [5.41, 5.74) is 9.52. The first-order valence-corrected chi connectivity index (χ1v) is 15.0. The van der Waals surface area contributed by atoms with Gasteiger partial charge in [0.25, 0.3) is 0 Å². The summed E-state index contributed by atoms with van der Waals surface area (Å²) in [6.45, 7) is 13.7. The molecule has 1 N–H and O–H groups in total. The fraction of sp³-hybridized carbons (Fsp3) is 0.231. The molecule has 0 aliphatic heterocycles. The molecule has 212 valence electrons. The van der Waals surface area contributed by atoms with Crippen molar-refractivity contribution < 1.29 is 0 Å². The molecule has 0 bridgehead atoms. The number of rotatable bonds is 7. The van der Waals surface area contributed by atoms with E-state index < -0.39 is 0 Å². The fourth-order valence-electron chi connectivity index (χ4n) is 5.93. The van der Waals surface area contributed by atoms with Crippen LogP contribution in [0.2, 0.25) is 0 Å². The van der Waals surface area contributed by atoms with E-state index in [2.05, 4.69) is 178 Å². The van der Waals surface area contributed by atoms with Gasteiger partial charge in [-0.2, -0.15) is 0 Å². The van der Waals surface area contributed by atoms with Crippen LogP contribution < -0.4 is 9.80 Å². The molecule has 42 heavy (non-hydrogen) atoms. The van der Waals surface area contributed by atoms with Gasteiger partial charge in [0, 0.05) is 55.8 Å². The third kappa shape index (κ3) is 5.16. The van der Waals surface area contributed by atoms with Gasteiger partial charge in [0.1, 0.15) is 0 Å². The van der Waals surface area contributed by atoms with Crippen LogP contribution >= 0.6 is 0 Å². The molecule has 6 aromatic rings. The third-order valence-electron chi connectivity index (χ3n) is 8.57. The van der Waals surface area contributed by atoms with Crippen molar-refractivity contribution >= 4 is 50.2 Å². The zero-order valence-electron chi connectivity index (χ0n) is 25.6. The van der Waals surface area contributed by atoms with E-state index in [1.165, 1.54) is 33.2 Å². The second-order valence-electron chi connectivity index (χ2n) is 12.9. The van der Waals surface area contributed by atoms with Crippen LogP contribution in [-0.2, 0) is 5.41 Å². The molecule has 5 aromatic carbocycles. The van der Waals surface area contributed by atoms with Crippen LogP contribution in [0, 0.1) is 0 Å². The Bertz CT molecular complexity index is 1810. The number of fused-ring (bicyclic) bond motifs is 3. The number of nitrogens with one attached hydrogen (secondary N) is 1. The van der Waals surface area contributed by atoms with Crippen molar-refractivity contribution in [1.29, 1.82) is 0 Å². The molecule has 0 aliphatic rings.